The fraction of sp³-hybridized carbons (Fsp3) is 0.375. The highest BCUT2D eigenvalue weighted by molar-refractivity contribution is 6.03. The summed E-state index contributed by atoms with van der Waals surface area (Å²) >= 11 is 0. The molecule has 0 heterocycles. The molecule has 0 fully saturated rings. The number of nitriles is 1. The van der Waals surface area contributed by atoms with Gasteiger partial charge in [0, 0.05) is 6.42 Å². The van der Waals surface area contributed by atoms with E-state index < -0.39 is 0 Å². The van der Waals surface area contributed by atoms with E-state index in [9.17, 15) is 4.79 Å². The molecular formula is C16H19NO. The molecule has 18 heavy (non-hydrogen) atoms. The molecule has 0 unspecified atom stereocenters. The molecule has 1 aromatic carbocycles. The van der Waals surface area contributed by atoms with Crippen LogP contribution in [0.2, 0.25) is 0 Å². The first-order valence-corrected chi connectivity index (χ1v) is 6.03. The minimum absolute atomic E-state index is 0.0921. The zero-order valence-electron chi connectivity index (χ0n) is 11.4. The van der Waals surface area contributed by atoms with Crippen molar-refractivity contribution in [1.29, 1.82) is 5.26 Å². The highest BCUT2D eigenvalue weighted by Gasteiger charge is 2.18. The van der Waals surface area contributed by atoms with Gasteiger partial charge in [-0.15, -0.1) is 0 Å². The van der Waals surface area contributed by atoms with Gasteiger partial charge in [-0.25, -0.2) is 0 Å². The van der Waals surface area contributed by atoms with Crippen molar-refractivity contribution in [1.82, 2.24) is 0 Å². The first-order valence-electron chi connectivity index (χ1n) is 6.03. The number of rotatable bonds is 3. The molecule has 0 aromatic heterocycles. The highest BCUT2D eigenvalue weighted by Crippen LogP contribution is 2.21. The number of ketones is 1. The minimum Gasteiger partial charge on any atom is -0.293 e. The topological polar surface area (TPSA) is 40.9 Å². The molecule has 0 aliphatic heterocycles. The van der Waals surface area contributed by atoms with Crippen molar-refractivity contribution in [2.75, 3.05) is 0 Å². The Labute approximate surface area is 109 Å². The average molecular weight is 241 g/mol. The number of benzene rings is 1. The Morgan fingerprint density at radius 2 is 1.83 bits per heavy atom. The number of hydrogen-bond donors (Lipinski definition) is 0. The van der Waals surface area contributed by atoms with E-state index in [2.05, 4.69) is 0 Å². The van der Waals surface area contributed by atoms with E-state index in [0.717, 1.165) is 11.1 Å². The van der Waals surface area contributed by atoms with Crippen LogP contribution in [-0.2, 0) is 4.79 Å². The van der Waals surface area contributed by atoms with Crippen LogP contribution < -0.4 is 0 Å². The van der Waals surface area contributed by atoms with Gasteiger partial charge in [-0.3, -0.25) is 4.79 Å². The zero-order valence-corrected chi connectivity index (χ0v) is 11.4. The number of aryl methyl sites for hydroxylation is 1. The predicted octanol–water partition coefficient (Wildman–Crippen LogP) is 3.91. The maximum Gasteiger partial charge on any atom is 0.173 e. The first kappa shape index (κ1) is 14.2. The quantitative estimate of drug-likeness (QED) is 0.594. The first-order chi connectivity index (χ1) is 8.31. The standard InChI is InChI=1S/C16H19NO/c1-12-5-7-13(8-6-12)9-14(11-17)15(18)10-16(2,3)4/h5-9H,10H2,1-4H3/b14-9+. The third-order valence-electron chi connectivity index (χ3n) is 2.50. The third-order valence-corrected chi connectivity index (χ3v) is 2.50. The van der Waals surface area contributed by atoms with E-state index in [-0.39, 0.29) is 16.8 Å². The van der Waals surface area contributed by atoms with E-state index in [1.54, 1.807) is 6.08 Å². The van der Waals surface area contributed by atoms with Crippen LogP contribution in [0.4, 0.5) is 0 Å². The second-order valence-corrected chi connectivity index (χ2v) is 5.74. The van der Waals surface area contributed by atoms with Crippen molar-refractivity contribution >= 4 is 11.9 Å². The SMILES string of the molecule is Cc1ccc(/C=C(\C#N)C(=O)CC(C)(C)C)cc1. The van der Waals surface area contributed by atoms with Crippen molar-refractivity contribution in [3.63, 3.8) is 0 Å². The van der Waals surface area contributed by atoms with Crippen molar-refractivity contribution in [3.8, 4) is 6.07 Å². The van der Waals surface area contributed by atoms with Crippen LogP contribution in [-0.4, -0.2) is 5.78 Å². The van der Waals surface area contributed by atoms with Crippen LogP contribution in [0.3, 0.4) is 0 Å². The molecule has 0 aliphatic carbocycles. The number of nitrogens with zero attached hydrogens (tertiary/aromatic N) is 1. The lowest BCUT2D eigenvalue weighted by Gasteiger charge is -2.16. The van der Waals surface area contributed by atoms with Gasteiger partial charge in [-0.1, -0.05) is 50.6 Å². The van der Waals surface area contributed by atoms with Gasteiger partial charge in [0.2, 0.25) is 0 Å². The highest BCUT2D eigenvalue weighted by atomic mass is 16.1. The number of hydrogen-bond acceptors (Lipinski definition) is 2. The van der Waals surface area contributed by atoms with E-state index >= 15 is 0 Å². The number of allylic oxidation sites excluding steroid dienone is 1. The van der Waals surface area contributed by atoms with Crippen LogP contribution >= 0.6 is 0 Å². The van der Waals surface area contributed by atoms with Gasteiger partial charge in [0.15, 0.2) is 5.78 Å². The third kappa shape index (κ3) is 4.55. The maximum absolute atomic E-state index is 12.0. The monoisotopic (exact) mass is 241 g/mol. The maximum atomic E-state index is 12.0. The molecule has 0 saturated heterocycles. The van der Waals surface area contributed by atoms with Crippen molar-refractivity contribution in [2.45, 2.75) is 34.1 Å². The number of carbonyl (C=O) groups excluding carboxylic acids is 1. The molecule has 94 valence electrons. The van der Waals surface area contributed by atoms with Crippen LogP contribution in [0.5, 0.6) is 0 Å². The van der Waals surface area contributed by atoms with Crippen LogP contribution in [0.15, 0.2) is 29.8 Å². The molecule has 0 spiro atoms. The molecule has 0 saturated carbocycles. The van der Waals surface area contributed by atoms with E-state index in [1.807, 2.05) is 58.0 Å². The van der Waals surface area contributed by atoms with Crippen LogP contribution in [0.1, 0.15) is 38.3 Å². The molecular weight excluding hydrogens is 222 g/mol. The Kier molecular flexibility index (Phi) is 4.44. The Bertz CT molecular complexity index is 495. The summed E-state index contributed by atoms with van der Waals surface area (Å²) in [6.07, 6.45) is 2.05. The Balaban J connectivity index is 2.94. The summed E-state index contributed by atoms with van der Waals surface area (Å²) in [5, 5.41) is 9.07. The molecule has 2 heteroatoms. The Morgan fingerprint density at radius 1 is 1.28 bits per heavy atom. The number of carbonyl (C=O) groups is 1. The average Bonchev–Trinajstić information content (AvgIpc) is 2.25. The number of Topliss-reactive ketones (excluding diaryl/α,β-unsaturated/α-hetero) is 1. The van der Waals surface area contributed by atoms with E-state index in [0.29, 0.717) is 6.42 Å². The lowest BCUT2D eigenvalue weighted by Crippen LogP contribution is -2.14. The smallest absolute Gasteiger partial charge is 0.173 e. The summed E-state index contributed by atoms with van der Waals surface area (Å²) < 4.78 is 0. The largest absolute Gasteiger partial charge is 0.293 e. The summed E-state index contributed by atoms with van der Waals surface area (Å²) in [5.41, 5.74) is 2.18. The second-order valence-electron chi connectivity index (χ2n) is 5.74. The lowest BCUT2D eigenvalue weighted by molar-refractivity contribution is -0.116. The van der Waals surface area contributed by atoms with Gasteiger partial charge in [0.1, 0.15) is 6.07 Å². The van der Waals surface area contributed by atoms with Gasteiger partial charge in [0.05, 0.1) is 5.57 Å². The van der Waals surface area contributed by atoms with Gasteiger partial charge < -0.3 is 0 Å². The molecule has 0 bridgehead atoms. The second kappa shape index (κ2) is 5.64. The van der Waals surface area contributed by atoms with E-state index in [1.165, 1.54) is 0 Å². The Hall–Kier alpha value is -1.88. The molecule has 0 aliphatic rings. The summed E-state index contributed by atoms with van der Waals surface area (Å²) in [5.74, 6) is -0.0921. The van der Waals surface area contributed by atoms with Gasteiger partial charge in [0.25, 0.3) is 0 Å². The molecule has 0 amide bonds. The van der Waals surface area contributed by atoms with Gasteiger partial charge in [-0.2, -0.15) is 5.26 Å². The minimum atomic E-state index is -0.0969. The zero-order chi connectivity index (χ0) is 13.8. The fourth-order valence-corrected chi connectivity index (χ4v) is 1.58. The van der Waals surface area contributed by atoms with Crippen LogP contribution in [0.25, 0.3) is 6.08 Å². The predicted molar refractivity (Wildman–Crippen MR) is 73.8 cm³/mol. The lowest BCUT2D eigenvalue weighted by atomic mass is 9.87. The van der Waals surface area contributed by atoms with Crippen molar-refractivity contribution in [2.24, 2.45) is 5.41 Å². The Morgan fingerprint density at radius 3 is 2.28 bits per heavy atom. The summed E-state index contributed by atoms with van der Waals surface area (Å²) in [4.78, 5) is 12.0. The fourth-order valence-electron chi connectivity index (χ4n) is 1.58. The summed E-state index contributed by atoms with van der Waals surface area (Å²) in [6.45, 7) is 7.98. The summed E-state index contributed by atoms with van der Waals surface area (Å²) in [7, 11) is 0. The molecule has 1 aromatic rings. The summed E-state index contributed by atoms with van der Waals surface area (Å²) in [6, 6.07) is 9.76. The molecule has 2 nitrogen and oxygen atoms in total. The normalized spacial score (nSPS) is 12.1. The molecule has 0 atom stereocenters. The van der Waals surface area contributed by atoms with Gasteiger partial charge >= 0.3 is 0 Å². The van der Waals surface area contributed by atoms with Gasteiger partial charge in [-0.05, 0) is 24.0 Å². The van der Waals surface area contributed by atoms with Crippen molar-refractivity contribution in [3.05, 3.63) is 41.0 Å². The van der Waals surface area contributed by atoms with E-state index in [4.69, 9.17) is 5.26 Å². The molecule has 1 rings (SSSR count). The van der Waals surface area contributed by atoms with Crippen molar-refractivity contribution < 1.29 is 4.79 Å². The molecule has 0 radical (unpaired) electrons. The van der Waals surface area contributed by atoms with Crippen LogP contribution in [0, 0.1) is 23.7 Å². The molecule has 0 N–H and O–H groups in total.